The van der Waals surface area contributed by atoms with E-state index >= 15 is 0 Å². The molecule has 1 aromatic heterocycles. The Hall–Kier alpha value is -1.78. The van der Waals surface area contributed by atoms with Crippen LogP contribution >= 0.6 is 0 Å². The van der Waals surface area contributed by atoms with Crippen LogP contribution in [0.1, 0.15) is 52.2 Å². The molecule has 0 aromatic carbocycles. The second kappa shape index (κ2) is 7.86. The molecule has 21 heavy (non-hydrogen) atoms. The van der Waals surface area contributed by atoms with Crippen LogP contribution in [0.4, 0.5) is 0 Å². The van der Waals surface area contributed by atoms with Gasteiger partial charge in [-0.3, -0.25) is 9.59 Å². The monoisotopic (exact) mass is 295 g/mol. The largest absolute Gasteiger partial charge is 0.481 e. The maximum atomic E-state index is 12.1. The van der Waals surface area contributed by atoms with Crippen LogP contribution < -0.4 is 5.32 Å². The number of aliphatic carboxylic acids is 1. The molecule has 1 atom stereocenters. The average Bonchev–Trinajstić information content (AvgIpc) is 2.95. The molecular weight excluding hydrogens is 270 g/mol. The number of hydrogen-bond donors (Lipinski definition) is 2. The molecule has 0 aliphatic heterocycles. The van der Waals surface area contributed by atoms with Gasteiger partial charge in [0, 0.05) is 18.9 Å². The molecule has 1 heterocycles. The third-order valence-corrected chi connectivity index (χ3v) is 4.12. The Morgan fingerprint density at radius 3 is 2.52 bits per heavy atom. The quantitative estimate of drug-likeness (QED) is 0.734. The van der Waals surface area contributed by atoms with E-state index in [1.54, 1.807) is 6.26 Å². The van der Waals surface area contributed by atoms with Crippen LogP contribution in [0.5, 0.6) is 0 Å². The van der Waals surface area contributed by atoms with E-state index in [0.717, 1.165) is 18.6 Å². The number of rotatable bonds is 9. The molecule has 0 fully saturated rings. The van der Waals surface area contributed by atoms with Gasteiger partial charge in [0.1, 0.15) is 5.76 Å². The SMILES string of the molecule is CCC(CC)(CC(=O)NC(C)CCc1ccco1)C(=O)O. The standard InChI is InChI=1S/C16H25NO4/c1-4-16(5-2,15(19)20)11-14(18)17-12(3)8-9-13-7-6-10-21-13/h6-7,10,12H,4-5,8-9,11H2,1-3H3,(H,17,18)(H,19,20). The van der Waals surface area contributed by atoms with Crippen molar-refractivity contribution in [1.29, 1.82) is 0 Å². The predicted octanol–water partition coefficient (Wildman–Crippen LogP) is 3.00. The van der Waals surface area contributed by atoms with Crippen LogP contribution in [0, 0.1) is 5.41 Å². The van der Waals surface area contributed by atoms with Crippen molar-refractivity contribution in [2.75, 3.05) is 0 Å². The molecule has 0 bridgehead atoms. The molecule has 0 spiro atoms. The number of carbonyl (C=O) groups is 2. The van der Waals surface area contributed by atoms with Gasteiger partial charge in [-0.2, -0.15) is 0 Å². The first-order valence-electron chi connectivity index (χ1n) is 7.48. The van der Waals surface area contributed by atoms with E-state index < -0.39 is 11.4 Å². The fourth-order valence-corrected chi connectivity index (χ4v) is 2.40. The third-order valence-electron chi connectivity index (χ3n) is 4.12. The molecule has 0 radical (unpaired) electrons. The van der Waals surface area contributed by atoms with E-state index in [1.807, 2.05) is 32.9 Å². The highest BCUT2D eigenvalue weighted by atomic mass is 16.4. The minimum Gasteiger partial charge on any atom is -0.481 e. The van der Waals surface area contributed by atoms with E-state index in [4.69, 9.17) is 4.42 Å². The Labute approximate surface area is 125 Å². The zero-order valence-corrected chi connectivity index (χ0v) is 13.0. The molecule has 0 saturated carbocycles. The van der Waals surface area contributed by atoms with Gasteiger partial charge in [-0.05, 0) is 38.3 Å². The Morgan fingerprint density at radius 1 is 1.38 bits per heavy atom. The number of aryl methyl sites for hydroxylation is 1. The number of amides is 1. The summed E-state index contributed by atoms with van der Waals surface area (Å²) in [6.45, 7) is 5.54. The number of carbonyl (C=O) groups excluding carboxylic acids is 1. The highest BCUT2D eigenvalue weighted by Gasteiger charge is 2.37. The normalized spacial score (nSPS) is 12.9. The van der Waals surface area contributed by atoms with Gasteiger partial charge in [-0.25, -0.2) is 0 Å². The topological polar surface area (TPSA) is 79.5 Å². The van der Waals surface area contributed by atoms with Gasteiger partial charge in [0.2, 0.25) is 5.91 Å². The molecule has 1 unspecified atom stereocenters. The van der Waals surface area contributed by atoms with Gasteiger partial charge < -0.3 is 14.8 Å². The number of furan rings is 1. The third kappa shape index (κ3) is 4.92. The second-order valence-corrected chi connectivity index (χ2v) is 5.56. The van der Waals surface area contributed by atoms with Crippen molar-refractivity contribution in [1.82, 2.24) is 5.32 Å². The first-order valence-corrected chi connectivity index (χ1v) is 7.48. The van der Waals surface area contributed by atoms with E-state index in [-0.39, 0.29) is 18.4 Å². The van der Waals surface area contributed by atoms with Crippen molar-refractivity contribution in [3.8, 4) is 0 Å². The summed E-state index contributed by atoms with van der Waals surface area (Å²) < 4.78 is 5.25. The predicted molar refractivity (Wildman–Crippen MR) is 79.9 cm³/mol. The van der Waals surface area contributed by atoms with E-state index in [1.165, 1.54) is 0 Å². The summed E-state index contributed by atoms with van der Waals surface area (Å²) in [5.41, 5.74) is -0.954. The van der Waals surface area contributed by atoms with Gasteiger partial charge in [0.15, 0.2) is 0 Å². The van der Waals surface area contributed by atoms with Crippen molar-refractivity contribution in [3.05, 3.63) is 24.2 Å². The summed E-state index contributed by atoms with van der Waals surface area (Å²) in [5.74, 6) is -0.211. The number of carboxylic acid groups (broad SMARTS) is 1. The van der Waals surface area contributed by atoms with Crippen LogP contribution in [0.15, 0.2) is 22.8 Å². The lowest BCUT2D eigenvalue weighted by atomic mass is 9.79. The molecule has 0 aliphatic rings. The van der Waals surface area contributed by atoms with Gasteiger partial charge in [-0.15, -0.1) is 0 Å². The maximum absolute atomic E-state index is 12.1. The molecule has 1 aromatic rings. The van der Waals surface area contributed by atoms with Crippen molar-refractivity contribution >= 4 is 11.9 Å². The number of nitrogens with one attached hydrogen (secondary N) is 1. The first-order chi connectivity index (χ1) is 9.93. The van der Waals surface area contributed by atoms with Crippen LogP contribution in [0.2, 0.25) is 0 Å². The molecule has 0 aliphatic carbocycles. The fourth-order valence-electron chi connectivity index (χ4n) is 2.40. The first kappa shape index (κ1) is 17.3. The van der Waals surface area contributed by atoms with E-state index in [9.17, 15) is 14.7 Å². The molecule has 5 nitrogen and oxygen atoms in total. The minimum atomic E-state index is -0.954. The van der Waals surface area contributed by atoms with Gasteiger partial charge in [0.25, 0.3) is 0 Å². The van der Waals surface area contributed by atoms with E-state index in [2.05, 4.69) is 5.32 Å². The molecule has 1 rings (SSSR count). The summed E-state index contributed by atoms with van der Waals surface area (Å²) in [6, 6.07) is 3.73. The Kier molecular flexibility index (Phi) is 6.46. The van der Waals surface area contributed by atoms with Gasteiger partial charge in [0.05, 0.1) is 11.7 Å². The van der Waals surface area contributed by atoms with Crippen LogP contribution in [-0.4, -0.2) is 23.0 Å². The Bertz CT molecular complexity index is 449. The van der Waals surface area contributed by atoms with Crippen molar-refractivity contribution < 1.29 is 19.1 Å². The zero-order valence-electron chi connectivity index (χ0n) is 13.0. The lowest BCUT2D eigenvalue weighted by Gasteiger charge is -2.26. The van der Waals surface area contributed by atoms with Crippen LogP contribution in [-0.2, 0) is 16.0 Å². The summed E-state index contributed by atoms with van der Waals surface area (Å²) in [7, 11) is 0. The second-order valence-electron chi connectivity index (χ2n) is 5.56. The highest BCUT2D eigenvalue weighted by Crippen LogP contribution is 2.30. The summed E-state index contributed by atoms with van der Waals surface area (Å²) in [4.78, 5) is 23.4. The van der Waals surface area contributed by atoms with Crippen molar-refractivity contribution in [2.45, 2.75) is 58.9 Å². The fraction of sp³-hybridized carbons (Fsp3) is 0.625. The lowest BCUT2D eigenvalue weighted by molar-refractivity contribution is -0.152. The van der Waals surface area contributed by atoms with Gasteiger partial charge in [-0.1, -0.05) is 13.8 Å². The summed E-state index contributed by atoms with van der Waals surface area (Å²) in [5, 5.41) is 12.2. The maximum Gasteiger partial charge on any atom is 0.310 e. The number of hydrogen-bond acceptors (Lipinski definition) is 3. The van der Waals surface area contributed by atoms with Gasteiger partial charge >= 0.3 is 5.97 Å². The van der Waals surface area contributed by atoms with Crippen molar-refractivity contribution in [3.63, 3.8) is 0 Å². The lowest BCUT2D eigenvalue weighted by Crippen LogP contribution is -2.40. The zero-order chi connectivity index (χ0) is 15.9. The molecule has 5 heteroatoms. The number of carboxylic acids is 1. The molecule has 2 N–H and O–H groups in total. The highest BCUT2D eigenvalue weighted by molar-refractivity contribution is 5.85. The molecule has 118 valence electrons. The molecular formula is C16H25NO4. The van der Waals surface area contributed by atoms with Crippen molar-refractivity contribution in [2.24, 2.45) is 5.41 Å². The smallest absolute Gasteiger partial charge is 0.310 e. The summed E-state index contributed by atoms with van der Waals surface area (Å²) in [6.07, 6.45) is 4.07. The Balaban J connectivity index is 2.46. The van der Waals surface area contributed by atoms with E-state index in [0.29, 0.717) is 12.8 Å². The van der Waals surface area contributed by atoms with Crippen LogP contribution in [0.3, 0.4) is 0 Å². The Morgan fingerprint density at radius 2 is 2.05 bits per heavy atom. The van der Waals surface area contributed by atoms with Crippen LogP contribution in [0.25, 0.3) is 0 Å². The molecule has 1 amide bonds. The summed E-state index contributed by atoms with van der Waals surface area (Å²) >= 11 is 0. The average molecular weight is 295 g/mol. The minimum absolute atomic E-state index is 0.0113. The molecule has 0 saturated heterocycles.